The Kier molecular flexibility index (Phi) is 16.9. The molecule has 8 fully saturated rings. The number of rotatable bonds is 14. The number of carbonyl (C=O) groups is 1. The van der Waals surface area contributed by atoms with Gasteiger partial charge in [0.25, 0.3) is 0 Å². The molecule has 4 aliphatic carbocycles. The van der Waals surface area contributed by atoms with E-state index in [-0.39, 0.29) is 72.3 Å². The lowest BCUT2D eigenvalue weighted by Gasteiger charge is -2.58. The highest BCUT2D eigenvalue weighted by Gasteiger charge is 2.68. The van der Waals surface area contributed by atoms with E-state index in [1.54, 1.807) is 0 Å². The van der Waals surface area contributed by atoms with Crippen LogP contribution in [0.15, 0.2) is 11.6 Å². The maximum Gasteiger partial charge on any atom is 0.187 e. The Hall–Kier alpha value is -1.47. The standard InChI is InChI=1S/C51H82O23/c1-19(18-66-45-40(62)37(59)34(56)30(16-52)70-45)9-12-51(65)20(2)32-29(74-51)14-26-24-8-7-23-13-28(27(54)15-50(23,6)25(24)10-11-49(26,32)5)69-48-44(38(60)35(57)31(17-53)71-48)73-47-42(64)39(61)43(22(4)68-47)72-46-41(63)36(58)33(55)21(3)67-46/h7,19-22,24-26,28-48,52-53,55-65H,8-18H2,1-6H3/t19-,20+,21+,22+,24-,25+,26+,28+,29+,30-,31-,32+,33+,34-,35-,36-,37+,38+,39+,40-,41-,42-,43+,44-,45-,46+,47+,48-,49+,50+,51-/m1/s1. The maximum absolute atomic E-state index is 14.4. The summed E-state index contributed by atoms with van der Waals surface area (Å²) < 4.78 is 53.5. The zero-order chi connectivity index (χ0) is 53.7. The van der Waals surface area contributed by atoms with Crippen molar-refractivity contribution in [1.82, 2.24) is 0 Å². The normalized spacial score (nSPS) is 54.9. The van der Waals surface area contributed by atoms with E-state index < -0.39 is 153 Å². The minimum atomic E-state index is -1.86. The first kappa shape index (κ1) is 57.2. The van der Waals surface area contributed by atoms with Crippen LogP contribution in [0.1, 0.15) is 92.9 Å². The second-order valence-electron chi connectivity index (χ2n) is 23.8. The Morgan fingerprint density at radius 1 is 0.689 bits per heavy atom. The van der Waals surface area contributed by atoms with Gasteiger partial charge in [0.2, 0.25) is 0 Å². The molecule has 0 bridgehead atoms. The summed E-state index contributed by atoms with van der Waals surface area (Å²) in [7, 11) is 0. The number of hydrogen-bond donors (Lipinski definition) is 13. The summed E-state index contributed by atoms with van der Waals surface area (Å²) >= 11 is 0. The second kappa shape index (κ2) is 21.9. The van der Waals surface area contributed by atoms with Gasteiger partial charge in [-0.15, -0.1) is 0 Å². The van der Waals surface area contributed by atoms with E-state index >= 15 is 0 Å². The molecule has 23 heteroatoms. The van der Waals surface area contributed by atoms with Gasteiger partial charge < -0.3 is 109 Å². The molecule has 5 aliphatic heterocycles. The summed E-state index contributed by atoms with van der Waals surface area (Å²) in [4.78, 5) is 14.4. The van der Waals surface area contributed by atoms with Crippen molar-refractivity contribution < 1.29 is 114 Å². The molecule has 424 valence electrons. The number of carbonyl (C=O) groups excluding carboxylic acids is 1. The molecule has 0 spiro atoms. The zero-order valence-corrected chi connectivity index (χ0v) is 42.9. The monoisotopic (exact) mass is 1060 g/mol. The number of ketones is 1. The number of ether oxygens (including phenoxy) is 9. The quantitative estimate of drug-likeness (QED) is 0.0782. The van der Waals surface area contributed by atoms with Gasteiger partial charge in [-0.2, -0.15) is 0 Å². The van der Waals surface area contributed by atoms with Crippen LogP contribution in [0, 0.1) is 46.3 Å². The van der Waals surface area contributed by atoms with Crippen LogP contribution in [0.2, 0.25) is 0 Å². The second-order valence-corrected chi connectivity index (χ2v) is 23.8. The molecule has 0 radical (unpaired) electrons. The van der Waals surface area contributed by atoms with E-state index in [4.69, 9.17) is 42.6 Å². The van der Waals surface area contributed by atoms with Gasteiger partial charge in [0.1, 0.15) is 91.6 Å². The van der Waals surface area contributed by atoms with Crippen molar-refractivity contribution >= 4 is 5.78 Å². The van der Waals surface area contributed by atoms with Crippen molar-refractivity contribution in [3.8, 4) is 0 Å². The fourth-order valence-electron chi connectivity index (χ4n) is 14.8. The Labute approximate surface area is 430 Å². The Balaban J connectivity index is 0.824. The van der Waals surface area contributed by atoms with Crippen LogP contribution < -0.4 is 0 Å². The Morgan fingerprint density at radius 3 is 1.95 bits per heavy atom. The predicted molar refractivity (Wildman–Crippen MR) is 249 cm³/mol. The fourth-order valence-corrected chi connectivity index (χ4v) is 14.8. The van der Waals surface area contributed by atoms with E-state index in [1.165, 1.54) is 13.8 Å². The molecule has 0 unspecified atom stereocenters. The molecular formula is C51H82O23. The molecule has 23 nitrogen and oxygen atoms in total. The highest BCUT2D eigenvalue weighted by Crippen LogP contribution is 2.70. The molecule has 74 heavy (non-hydrogen) atoms. The molecule has 0 aromatic heterocycles. The van der Waals surface area contributed by atoms with Gasteiger partial charge in [0, 0.05) is 25.2 Å². The van der Waals surface area contributed by atoms with Gasteiger partial charge in [0.05, 0.1) is 38.1 Å². The summed E-state index contributed by atoms with van der Waals surface area (Å²) in [6, 6.07) is 0. The first-order chi connectivity index (χ1) is 34.9. The fraction of sp³-hybridized carbons (Fsp3) is 0.941. The topological polar surface area (TPSA) is 363 Å². The lowest BCUT2D eigenvalue weighted by molar-refractivity contribution is -0.382. The number of Topliss-reactive ketones (excluding diaryl/α,β-unsaturated/α-hetero) is 1. The van der Waals surface area contributed by atoms with Crippen molar-refractivity contribution in [2.45, 2.75) is 234 Å². The maximum atomic E-state index is 14.4. The predicted octanol–water partition coefficient (Wildman–Crippen LogP) is -2.80. The lowest BCUT2D eigenvalue weighted by atomic mass is 9.46. The van der Waals surface area contributed by atoms with Crippen LogP contribution in [-0.4, -0.2) is 233 Å². The Bertz CT molecular complexity index is 1980. The Morgan fingerprint density at radius 2 is 1.27 bits per heavy atom. The number of fused-ring (bicyclic) bond motifs is 7. The smallest absolute Gasteiger partial charge is 0.187 e. The molecule has 3 saturated carbocycles. The van der Waals surface area contributed by atoms with Crippen LogP contribution in [0.5, 0.6) is 0 Å². The van der Waals surface area contributed by atoms with Crippen molar-refractivity contribution in [3.05, 3.63) is 11.6 Å². The van der Waals surface area contributed by atoms with Crippen LogP contribution in [0.25, 0.3) is 0 Å². The molecule has 13 N–H and O–H groups in total. The molecule has 0 aromatic carbocycles. The van der Waals surface area contributed by atoms with Crippen molar-refractivity contribution in [2.75, 3.05) is 19.8 Å². The van der Waals surface area contributed by atoms with Crippen LogP contribution in [-0.2, 0) is 47.4 Å². The minimum Gasteiger partial charge on any atom is -0.394 e. The first-order valence-electron chi connectivity index (χ1n) is 26.7. The van der Waals surface area contributed by atoms with Crippen LogP contribution >= 0.6 is 0 Å². The average molecular weight is 1060 g/mol. The number of hydrogen-bond acceptors (Lipinski definition) is 23. The van der Waals surface area contributed by atoms with Gasteiger partial charge in [-0.25, -0.2) is 0 Å². The summed E-state index contributed by atoms with van der Waals surface area (Å²) in [5.74, 6) is -1.10. The van der Waals surface area contributed by atoms with Gasteiger partial charge >= 0.3 is 0 Å². The summed E-state index contributed by atoms with van der Waals surface area (Å²) in [5, 5.41) is 138. The molecule has 0 amide bonds. The third-order valence-corrected chi connectivity index (χ3v) is 19.3. The number of aliphatic hydroxyl groups excluding tert-OH is 12. The van der Waals surface area contributed by atoms with Crippen LogP contribution in [0.3, 0.4) is 0 Å². The van der Waals surface area contributed by atoms with E-state index in [9.17, 15) is 71.2 Å². The first-order valence-corrected chi connectivity index (χ1v) is 26.7. The minimum absolute atomic E-state index is 0.0895. The molecular weight excluding hydrogens is 981 g/mol. The highest BCUT2D eigenvalue weighted by molar-refractivity contribution is 5.86. The van der Waals surface area contributed by atoms with E-state index in [0.29, 0.717) is 12.8 Å². The van der Waals surface area contributed by atoms with E-state index in [2.05, 4.69) is 26.8 Å². The molecule has 31 atom stereocenters. The van der Waals surface area contributed by atoms with Crippen molar-refractivity contribution in [2.24, 2.45) is 46.3 Å². The summed E-state index contributed by atoms with van der Waals surface area (Å²) in [6.07, 6.45) is -24.3. The van der Waals surface area contributed by atoms with Crippen molar-refractivity contribution in [3.63, 3.8) is 0 Å². The summed E-state index contributed by atoms with van der Waals surface area (Å²) in [6.45, 7) is 10.3. The molecule has 0 aromatic rings. The van der Waals surface area contributed by atoms with E-state index in [1.807, 2.05) is 6.92 Å². The third kappa shape index (κ3) is 10.0. The number of allylic oxidation sites excluding steroid dienone is 1. The van der Waals surface area contributed by atoms with E-state index in [0.717, 1.165) is 31.3 Å². The van der Waals surface area contributed by atoms with Gasteiger partial charge in [-0.1, -0.05) is 39.3 Å². The SMILES string of the molecule is C[C@H](CC[C@@]1(O)O[C@H]2C[C@H]3[C@@H]4CC=C5C[C@H](O[C@@H]6O[C@H](CO)[C@@H](O)[C@H](O)[C@H]6O[C@@H]6O[C@@H](C)[C@H](O[C@@H]7O[C@@H](C)[C@H](O)[C@@H](O)[C@H]7O)[C@@H](O)[C@H]6O)C(=O)C[C@]5(C)[C@H]4CC[C@]3(C)[C@H]2[C@@H]1C)CO[C@@H]1O[C@H](CO)[C@@H](O)[C@H](O)[C@H]1O. The average Bonchev–Trinajstić information content (AvgIpc) is 3.80. The largest absolute Gasteiger partial charge is 0.394 e. The third-order valence-electron chi connectivity index (χ3n) is 19.3. The molecule has 9 rings (SSSR count). The van der Waals surface area contributed by atoms with Gasteiger partial charge in [-0.05, 0) is 86.4 Å². The zero-order valence-electron chi connectivity index (χ0n) is 42.9. The van der Waals surface area contributed by atoms with Gasteiger partial charge in [0.15, 0.2) is 36.7 Å². The molecule has 5 heterocycles. The van der Waals surface area contributed by atoms with Crippen LogP contribution in [0.4, 0.5) is 0 Å². The van der Waals surface area contributed by atoms with Gasteiger partial charge in [-0.3, -0.25) is 4.79 Å². The van der Waals surface area contributed by atoms with Crippen molar-refractivity contribution in [1.29, 1.82) is 0 Å². The molecule has 5 saturated heterocycles. The highest BCUT2D eigenvalue weighted by atomic mass is 16.8. The number of aliphatic hydroxyl groups is 13. The lowest BCUT2D eigenvalue weighted by Crippen LogP contribution is -2.66. The molecule has 9 aliphatic rings. The summed E-state index contributed by atoms with van der Waals surface area (Å²) in [5.41, 5.74) is 0.420.